The van der Waals surface area contributed by atoms with E-state index in [9.17, 15) is 0 Å². The van der Waals surface area contributed by atoms with Crippen LogP contribution in [0.2, 0.25) is 5.02 Å². The van der Waals surface area contributed by atoms with Crippen molar-refractivity contribution in [1.82, 2.24) is 4.98 Å². The average Bonchev–Trinajstić information content (AvgIpc) is 2.24. The van der Waals surface area contributed by atoms with Gasteiger partial charge in [-0.1, -0.05) is 18.0 Å². The molecule has 90 valence electrons. The minimum Gasteiger partial charge on any atom is -0.358 e. The number of hydrogen-bond acceptors (Lipinski definition) is 3. The molecule has 0 aromatic carbocycles. The number of anilines is 1. The number of nitrogens with two attached hydrogens (primary N) is 1. The molecule has 2 N–H and O–H groups in total. The number of unbranched alkanes of at least 4 members (excludes halogenated alkanes) is 2. The third-order valence-corrected chi connectivity index (χ3v) is 3.06. The van der Waals surface area contributed by atoms with Crippen LogP contribution in [0.5, 0.6) is 0 Å². The van der Waals surface area contributed by atoms with Crippen LogP contribution in [0.4, 0.5) is 5.82 Å². The fraction of sp³-hybridized carbons (Fsp3) is 0.545. The van der Waals surface area contributed by atoms with Crippen LogP contribution < -0.4 is 10.6 Å². The fourth-order valence-corrected chi connectivity index (χ4v) is 2.24. The summed E-state index contributed by atoms with van der Waals surface area (Å²) in [6.07, 6.45) is 5.10. The maximum Gasteiger partial charge on any atom is 0.147 e. The standard InChI is InChI=1S/C11H17BrClN3/c1-16(6-4-2-3-5-14)11-10(13)7-9(12)8-15-11/h7-8H,2-6,14H2,1H3. The smallest absolute Gasteiger partial charge is 0.147 e. The van der Waals surface area contributed by atoms with Crippen LogP contribution in [0.1, 0.15) is 19.3 Å². The van der Waals surface area contributed by atoms with Crippen molar-refractivity contribution in [2.75, 3.05) is 25.0 Å². The van der Waals surface area contributed by atoms with E-state index in [1.165, 1.54) is 0 Å². The summed E-state index contributed by atoms with van der Waals surface area (Å²) in [7, 11) is 2.00. The van der Waals surface area contributed by atoms with E-state index in [1.54, 1.807) is 6.20 Å². The van der Waals surface area contributed by atoms with Gasteiger partial charge in [0.2, 0.25) is 0 Å². The first-order valence-corrected chi connectivity index (χ1v) is 6.54. The molecule has 0 amide bonds. The second-order valence-electron chi connectivity index (χ2n) is 3.73. The van der Waals surface area contributed by atoms with Gasteiger partial charge < -0.3 is 10.6 Å². The van der Waals surface area contributed by atoms with E-state index < -0.39 is 0 Å². The minimum absolute atomic E-state index is 0.677. The molecule has 0 saturated heterocycles. The Labute approximate surface area is 110 Å². The van der Waals surface area contributed by atoms with E-state index in [4.69, 9.17) is 17.3 Å². The maximum absolute atomic E-state index is 6.11. The lowest BCUT2D eigenvalue weighted by Crippen LogP contribution is -2.20. The molecule has 0 spiro atoms. The van der Waals surface area contributed by atoms with Crippen molar-refractivity contribution in [3.8, 4) is 0 Å². The number of nitrogens with zero attached hydrogens (tertiary/aromatic N) is 2. The van der Waals surface area contributed by atoms with Crippen LogP contribution in [0.25, 0.3) is 0 Å². The predicted octanol–water partition coefficient (Wildman–Crippen LogP) is 3.06. The lowest BCUT2D eigenvalue weighted by atomic mass is 10.2. The summed E-state index contributed by atoms with van der Waals surface area (Å²) in [5, 5.41) is 0.677. The number of halogens is 2. The molecule has 1 rings (SSSR count). The molecular formula is C11H17BrClN3. The minimum atomic E-state index is 0.677. The summed E-state index contributed by atoms with van der Waals surface area (Å²) >= 11 is 9.45. The van der Waals surface area contributed by atoms with Gasteiger partial charge in [0.1, 0.15) is 5.82 Å². The zero-order valence-corrected chi connectivity index (χ0v) is 11.8. The first kappa shape index (κ1) is 13.7. The van der Waals surface area contributed by atoms with Crippen LogP contribution in [-0.4, -0.2) is 25.1 Å². The summed E-state index contributed by atoms with van der Waals surface area (Å²) in [5.74, 6) is 0.831. The number of aromatic nitrogens is 1. The summed E-state index contributed by atoms with van der Waals surface area (Å²) in [6.45, 7) is 1.72. The Balaban J connectivity index is 2.49. The molecule has 0 bridgehead atoms. The zero-order chi connectivity index (χ0) is 12.0. The van der Waals surface area contributed by atoms with Gasteiger partial charge in [0.15, 0.2) is 0 Å². The number of rotatable bonds is 6. The molecule has 3 nitrogen and oxygen atoms in total. The maximum atomic E-state index is 6.11. The van der Waals surface area contributed by atoms with Crippen LogP contribution in [0.15, 0.2) is 16.7 Å². The highest BCUT2D eigenvalue weighted by molar-refractivity contribution is 9.10. The van der Waals surface area contributed by atoms with E-state index in [1.807, 2.05) is 13.1 Å². The second-order valence-corrected chi connectivity index (χ2v) is 5.05. The van der Waals surface area contributed by atoms with Crippen molar-refractivity contribution in [2.45, 2.75) is 19.3 Å². The van der Waals surface area contributed by atoms with E-state index in [2.05, 4.69) is 25.8 Å². The SMILES string of the molecule is CN(CCCCCN)c1ncc(Br)cc1Cl. The molecule has 0 aliphatic carbocycles. The Morgan fingerprint density at radius 2 is 2.19 bits per heavy atom. The third kappa shape index (κ3) is 4.28. The molecule has 1 aromatic heterocycles. The molecule has 0 saturated carbocycles. The predicted molar refractivity (Wildman–Crippen MR) is 73.1 cm³/mol. The lowest BCUT2D eigenvalue weighted by Gasteiger charge is -2.19. The van der Waals surface area contributed by atoms with E-state index in [0.717, 1.165) is 42.6 Å². The van der Waals surface area contributed by atoms with Gasteiger partial charge in [-0.05, 0) is 41.4 Å². The fourth-order valence-electron chi connectivity index (χ4n) is 1.46. The molecule has 0 aliphatic rings. The highest BCUT2D eigenvalue weighted by Gasteiger charge is 2.07. The van der Waals surface area contributed by atoms with Gasteiger partial charge in [0.25, 0.3) is 0 Å². The summed E-state index contributed by atoms with van der Waals surface area (Å²) < 4.78 is 0.901. The summed E-state index contributed by atoms with van der Waals surface area (Å²) in [5.41, 5.74) is 5.45. The molecule has 1 heterocycles. The van der Waals surface area contributed by atoms with Crippen LogP contribution in [0, 0.1) is 0 Å². The summed E-state index contributed by atoms with van der Waals surface area (Å²) in [4.78, 5) is 6.37. The molecule has 0 unspecified atom stereocenters. The van der Waals surface area contributed by atoms with Crippen LogP contribution in [-0.2, 0) is 0 Å². The second kappa shape index (κ2) is 7.09. The van der Waals surface area contributed by atoms with Crippen LogP contribution in [0.3, 0.4) is 0 Å². The van der Waals surface area contributed by atoms with Crippen molar-refractivity contribution >= 4 is 33.3 Å². The molecule has 0 radical (unpaired) electrons. The average molecular weight is 307 g/mol. The van der Waals surface area contributed by atoms with Crippen LogP contribution >= 0.6 is 27.5 Å². The van der Waals surface area contributed by atoms with Gasteiger partial charge in [-0.25, -0.2) is 4.98 Å². The Hall–Kier alpha value is -0.320. The highest BCUT2D eigenvalue weighted by atomic mass is 79.9. The van der Waals surface area contributed by atoms with Gasteiger partial charge in [-0.15, -0.1) is 0 Å². The van der Waals surface area contributed by atoms with Gasteiger partial charge in [0.05, 0.1) is 5.02 Å². The normalized spacial score (nSPS) is 10.5. The third-order valence-electron chi connectivity index (χ3n) is 2.35. The van der Waals surface area contributed by atoms with Crippen molar-refractivity contribution in [3.63, 3.8) is 0 Å². The van der Waals surface area contributed by atoms with E-state index in [0.29, 0.717) is 5.02 Å². The largest absolute Gasteiger partial charge is 0.358 e. The molecule has 0 aliphatic heterocycles. The van der Waals surface area contributed by atoms with E-state index in [-0.39, 0.29) is 0 Å². The molecule has 0 fully saturated rings. The van der Waals surface area contributed by atoms with Gasteiger partial charge in [-0.2, -0.15) is 0 Å². The summed E-state index contributed by atoms with van der Waals surface area (Å²) in [6, 6.07) is 1.86. The number of hydrogen-bond donors (Lipinski definition) is 1. The van der Waals surface area contributed by atoms with Crippen molar-refractivity contribution < 1.29 is 0 Å². The first-order valence-electron chi connectivity index (χ1n) is 5.37. The molecular weight excluding hydrogens is 289 g/mol. The Bertz CT molecular complexity index is 333. The topological polar surface area (TPSA) is 42.1 Å². The number of pyridine rings is 1. The molecule has 16 heavy (non-hydrogen) atoms. The Morgan fingerprint density at radius 1 is 1.44 bits per heavy atom. The monoisotopic (exact) mass is 305 g/mol. The van der Waals surface area contributed by atoms with Crippen molar-refractivity contribution in [3.05, 3.63) is 21.8 Å². The highest BCUT2D eigenvalue weighted by Crippen LogP contribution is 2.25. The lowest BCUT2D eigenvalue weighted by molar-refractivity contribution is 0.676. The van der Waals surface area contributed by atoms with Crippen molar-refractivity contribution in [1.29, 1.82) is 0 Å². The van der Waals surface area contributed by atoms with Gasteiger partial charge in [-0.3, -0.25) is 0 Å². The Kier molecular flexibility index (Phi) is 6.09. The molecule has 0 atom stereocenters. The van der Waals surface area contributed by atoms with Crippen molar-refractivity contribution in [2.24, 2.45) is 5.73 Å². The quantitative estimate of drug-likeness (QED) is 0.821. The first-order chi connectivity index (χ1) is 7.65. The van der Waals surface area contributed by atoms with E-state index >= 15 is 0 Å². The Morgan fingerprint density at radius 3 is 2.81 bits per heavy atom. The zero-order valence-electron chi connectivity index (χ0n) is 9.42. The molecule has 1 aromatic rings. The molecule has 5 heteroatoms. The van der Waals surface area contributed by atoms with Gasteiger partial charge >= 0.3 is 0 Å². The van der Waals surface area contributed by atoms with Gasteiger partial charge in [0, 0.05) is 24.3 Å².